The quantitative estimate of drug-likeness (QED) is 0.356. The number of fused-ring (bicyclic) bond motifs is 3. The summed E-state index contributed by atoms with van der Waals surface area (Å²) in [4.78, 5) is 15.9. The second kappa shape index (κ2) is 8.15. The Balaban J connectivity index is 1.93. The highest BCUT2D eigenvalue weighted by molar-refractivity contribution is 6.18. The van der Waals surface area contributed by atoms with Gasteiger partial charge in [-0.1, -0.05) is 24.3 Å². The number of para-hydroxylation sites is 1. The maximum Gasteiger partial charge on any atom is 0.328 e. The smallest absolute Gasteiger partial charge is 0.328 e. The van der Waals surface area contributed by atoms with Gasteiger partial charge in [-0.3, -0.25) is 4.90 Å². The molecule has 0 fully saturated rings. The number of nitrogens with zero attached hydrogens (tertiary/aromatic N) is 1. The van der Waals surface area contributed by atoms with Crippen LogP contribution in [0.25, 0.3) is 17.0 Å². The summed E-state index contributed by atoms with van der Waals surface area (Å²) in [6.45, 7) is 4.75. The lowest BCUT2D eigenvalue weighted by atomic mass is 9.64. The molecular formula is C24H21BF2N2O2. The van der Waals surface area contributed by atoms with Crippen LogP contribution in [0.15, 0.2) is 55.1 Å². The molecule has 2 N–H and O–H groups in total. The number of H-pyrrole nitrogens is 1. The van der Waals surface area contributed by atoms with Gasteiger partial charge in [0, 0.05) is 41.3 Å². The summed E-state index contributed by atoms with van der Waals surface area (Å²) in [7, 11) is 6.88. The lowest BCUT2D eigenvalue weighted by Crippen LogP contribution is -2.53. The molecule has 0 amide bonds. The topological polar surface area (TPSA) is 56.3 Å². The Morgan fingerprint density at radius 2 is 2.00 bits per heavy atom. The molecule has 4 rings (SSSR count). The van der Waals surface area contributed by atoms with Crippen LogP contribution in [0.5, 0.6) is 0 Å². The van der Waals surface area contributed by atoms with E-state index in [2.05, 4.69) is 11.6 Å². The second-order valence-corrected chi connectivity index (χ2v) is 7.64. The van der Waals surface area contributed by atoms with Gasteiger partial charge in [-0.2, -0.15) is 0 Å². The number of hydrogen-bond donors (Lipinski definition) is 2. The Hall–Kier alpha value is -3.19. The summed E-state index contributed by atoms with van der Waals surface area (Å²) in [5.41, 5.74) is 0.650. The Bertz CT molecular complexity index is 1180. The van der Waals surface area contributed by atoms with Crippen LogP contribution in [-0.2, 0) is 16.7 Å². The molecule has 1 aliphatic rings. The largest absolute Gasteiger partial charge is 0.478 e. The first-order chi connectivity index (χ1) is 14.9. The maximum atomic E-state index is 15.3. The molecule has 3 aromatic rings. The van der Waals surface area contributed by atoms with Crippen LogP contribution in [-0.4, -0.2) is 41.9 Å². The first kappa shape index (κ1) is 21.1. The van der Waals surface area contributed by atoms with Crippen LogP contribution in [0.2, 0.25) is 0 Å². The number of carbonyl (C=O) groups is 1. The molecule has 2 aromatic carbocycles. The number of aromatic amines is 1. The first-order valence-corrected chi connectivity index (χ1v) is 10.0. The Kier molecular flexibility index (Phi) is 5.54. The molecule has 7 heteroatoms. The van der Waals surface area contributed by atoms with Crippen LogP contribution in [0.1, 0.15) is 28.8 Å². The van der Waals surface area contributed by atoms with Crippen molar-refractivity contribution in [3.05, 3.63) is 89.1 Å². The predicted molar refractivity (Wildman–Crippen MR) is 118 cm³/mol. The molecule has 0 saturated heterocycles. The first-order valence-electron chi connectivity index (χ1n) is 10.0. The fourth-order valence-corrected chi connectivity index (χ4v) is 4.41. The molecule has 2 heterocycles. The molecular weight excluding hydrogens is 397 g/mol. The highest BCUT2D eigenvalue weighted by Crippen LogP contribution is 2.43. The average molecular weight is 418 g/mol. The van der Waals surface area contributed by atoms with E-state index < -0.39 is 23.0 Å². The molecule has 31 heavy (non-hydrogen) atoms. The summed E-state index contributed by atoms with van der Waals surface area (Å²) in [6.07, 6.45) is 5.02. The van der Waals surface area contributed by atoms with E-state index in [1.165, 1.54) is 0 Å². The van der Waals surface area contributed by atoms with Crippen molar-refractivity contribution in [2.45, 2.75) is 18.3 Å². The van der Waals surface area contributed by atoms with Gasteiger partial charge in [0.25, 0.3) is 0 Å². The fraction of sp³-hybridized carbons (Fsp3) is 0.208. The van der Waals surface area contributed by atoms with Crippen molar-refractivity contribution in [2.75, 3.05) is 13.1 Å². The normalized spacial score (nSPS) is 19.0. The summed E-state index contributed by atoms with van der Waals surface area (Å²) in [5, 5.41) is 9.78. The van der Waals surface area contributed by atoms with E-state index in [0.29, 0.717) is 31.6 Å². The summed E-state index contributed by atoms with van der Waals surface area (Å²) in [5.74, 6) is -2.86. The van der Waals surface area contributed by atoms with Gasteiger partial charge in [-0.05, 0) is 48.2 Å². The number of rotatable bonds is 6. The zero-order chi connectivity index (χ0) is 22.2. The number of aliphatic carboxylic acids is 1. The average Bonchev–Trinajstić information content (AvgIpc) is 3.11. The van der Waals surface area contributed by atoms with E-state index in [9.17, 15) is 4.79 Å². The van der Waals surface area contributed by atoms with Crippen molar-refractivity contribution in [1.82, 2.24) is 9.88 Å². The molecule has 4 nitrogen and oxygen atoms in total. The Morgan fingerprint density at radius 3 is 2.68 bits per heavy atom. The van der Waals surface area contributed by atoms with Crippen molar-refractivity contribution in [3.8, 4) is 0 Å². The maximum absolute atomic E-state index is 15.3. The van der Waals surface area contributed by atoms with Gasteiger partial charge in [0.15, 0.2) is 0 Å². The monoisotopic (exact) mass is 418 g/mol. The molecule has 2 radical (unpaired) electrons. The van der Waals surface area contributed by atoms with Crippen LogP contribution in [0, 0.1) is 11.6 Å². The number of carboxylic acids is 1. The van der Waals surface area contributed by atoms with Gasteiger partial charge in [-0.15, -0.1) is 6.58 Å². The van der Waals surface area contributed by atoms with Gasteiger partial charge in [-0.25, -0.2) is 13.6 Å². The molecule has 156 valence electrons. The van der Waals surface area contributed by atoms with E-state index in [1.54, 1.807) is 6.08 Å². The summed E-state index contributed by atoms with van der Waals surface area (Å²) >= 11 is 0. The number of aromatic nitrogens is 1. The van der Waals surface area contributed by atoms with E-state index in [-0.39, 0.29) is 11.1 Å². The fourth-order valence-electron chi connectivity index (χ4n) is 4.41. The third-order valence-electron chi connectivity index (χ3n) is 5.79. The van der Waals surface area contributed by atoms with Crippen LogP contribution >= 0.6 is 0 Å². The standard InChI is InChI=1S/C24H21BF2N2O2/c1-2-3-11-29-12-10-17-16-6-4-5-7-20(16)28-23(17)24(29,25)22-18(26)13-15(14-19(22)27)8-9-21(30)31/h2,4-9,13-14,28H,1,3,10-12H2,(H,30,31)/b9-8+/t24-/m1/s1. The minimum Gasteiger partial charge on any atom is -0.478 e. The lowest BCUT2D eigenvalue weighted by molar-refractivity contribution is -0.131. The molecule has 0 aliphatic carbocycles. The summed E-state index contributed by atoms with van der Waals surface area (Å²) < 4.78 is 30.7. The van der Waals surface area contributed by atoms with E-state index in [4.69, 9.17) is 13.0 Å². The zero-order valence-corrected chi connectivity index (χ0v) is 16.9. The molecule has 1 aromatic heterocycles. The molecule has 1 aliphatic heterocycles. The van der Waals surface area contributed by atoms with Gasteiger partial charge in [0.2, 0.25) is 0 Å². The molecule has 0 spiro atoms. The van der Waals surface area contributed by atoms with Crippen molar-refractivity contribution in [1.29, 1.82) is 0 Å². The number of carboxylic acid groups (broad SMARTS) is 1. The SMILES string of the molecule is [B][C@@]1(c2c(F)cc(/C=C/C(=O)O)cc2F)c2[nH]c3ccccc3c2CCN1CCC=C. The van der Waals surface area contributed by atoms with Gasteiger partial charge < -0.3 is 10.1 Å². The van der Waals surface area contributed by atoms with Crippen LogP contribution in [0.4, 0.5) is 8.78 Å². The predicted octanol–water partition coefficient (Wildman–Crippen LogP) is 4.35. The number of nitrogens with one attached hydrogen (secondary N) is 1. The number of halogens is 2. The van der Waals surface area contributed by atoms with Gasteiger partial charge in [0.1, 0.15) is 19.5 Å². The van der Waals surface area contributed by atoms with Gasteiger partial charge >= 0.3 is 5.97 Å². The van der Waals surface area contributed by atoms with Crippen LogP contribution in [0.3, 0.4) is 0 Å². The van der Waals surface area contributed by atoms with E-state index in [0.717, 1.165) is 40.8 Å². The minimum absolute atomic E-state index is 0.107. The Morgan fingerprint density at radius 1 is 1.29 bits per heavy atom. The third kappa shape index (κ3) is 3.59. The second-order valence-electron chi connectivity index (χ2n) is 7.64. The van der Waals surface area contributed by atoms with Crippen molar-refractivity contribution >= 4 is 30.8 Å². The molecule has 1 atom stereocenters. The van der Waals surface area contributed by atoms with Crippen molar-refractivity contribution < 1.29 is 18.7 Å². The van der Waals surface area contributed by atoms with E-state index >= 15 is 8.78 Å². The molecule has 0 unspecified atom stereocenters. The number of benzene rings is 2. The number of hydrogen-bond acceptors (Lipinski definition) is 2. The molecule has 0 saturated carbocycles. The lowest BCUT2D eigenvalue weighted by Gasteiger charge is -2.46. The minimum atomic E-state index is -1.56. The summed E-state index contributed by atoms with van der Waals surface area (Å²) in [6, 6.07) is 9.90. The van der Waals surface area contributed by atoms with Crippen LogP contribution < -0.4 is 0 Å². The van der Waals surface area contributed by atoms with Crippen molar-refractivity contribution in [2.24, 2.45) is 0 Å². The van der Waals surface area contributed by atoms with Gasteiger partial charge in [0.05, 0.1) is 5.44 Å². The van der Waals surface area contributed by atoms with Crippen molar-refractivity contribution in [3.63, 3.8) is 0 Å². The highest BCUT2D eigenvalue weighted by Gasteiger charge is 2.44. The third-order valence-corrected chi connectivity index (χ3v) is 5.79. The molecule has 0 bridgehead atoms. The highest BCUT2D eigenvalue weighted by atomic mass is 19.1. The van der Waals surface area contributed by atoms with E-state index in [1.807, 2.05) is 29.2 Å². The Labute approximate surface area is 180 Å². The zero-order valence-electron chi connectivity index (χ0n) is 16.9.